The van der Waals surface area contributed by atoms with Crippen LogP contribution >= 0.6 is 0 Å². The number of rotatable bonds is 6. The molecule has 0 aromatic heterocycles. The van der Waals surface area contributed by atoms with Crippen LogP contribution in [0.25, 0.3) is 0 Å². The van der Waals surface area contributed by atoms with Crippen LogP contribution in [-0.2, 0) is 19.1 Å². The van der Waals surface area contributed by atoms with E-state index in [1.54, 1.807) is 6.92 Å². The minimum Gasteiger partial charge on any atom is -0.461 e. The van der Waals surface area contributed by atoms with Crippen molar-refractivity contribution in [2.75, 3.05) is 6.61 Å². The molecule has 0 radical (unpaired) electrons. The van der Waals surface area contributed by atoms with Crippen molar-refractivity contribution >= 4 is 11.9 Å². The van der Waals surface area contributed by atoms with Gasteiger partial charge in [0.1, 0.15) is 5.76 Å². The number of fused-ring (bicyclic) bond motifs is 5. The van der Waals surface area contributed by atoms with E-state index < -0.39 is 11.8 Å². The van der Waals surface area contributed by atoms with Crippen LogP contribution in [0.1, 0.15) is 98.8 Å². The van der Waals surface area contributed by atoms with Crippen LogP contribution in [0.2, 0.25) is 0 Å². The van der Waals surface area contributed by atoms with Crippen molar-refractivity contribution < 1.29 is 23.5 Å². The van der Waals surface area contributed by atoms with Crippen molar-refractivity contribution in [1.82, 2.24) is 0 Å². The Morgan fingerprint density at radius 2 is 1.82 bits per heavy atom. The lowest BCUT2D eigenvalue weighted by Crippen LogP contribution is -2.49. The highest BCUT2D eigenvalue weighted by atomic mass is 19.1. The van der Waals surface area contributed by atoms with Crippen molar-refractivity contribution in [3.8, 4) is 0 Å². The van der Waals surface area contributed by atoms with Gasteiger partial charge >= 0.3 is 11.9 Å². The average Bonchev–Trinajstić information content (AvgIpc) is 3.14. The van der Waals surface area contributed by atoms with Gasteiger partial charge in [-0.2, -0.15) is 4.39 Å². The fourth-order valence-electron chi connectivity index (χ4n) is 7.95. The van der Waals surface area contributed by atoms with Gasteiger partial charge in [0, 0.05) is 13.3 Å². The number of esters is 2. The maximum absolute atomic E-state index is 15.2. The maximum Gasteiger partial charge on any atom is 0.367 e. The summed E-state index contributed by atoms with van der Waals surface area (Å²) in [4.78, 5) is 23.9. The van der Waals surface area contributed by atoms with Crippen LogP contribution in [0, 0.1) is 28.6 Å². The van der Waals surface area contributed by atoms with E-state index in [0.29, 0.717) is 29.7 Å². The highest BCUT2D eigenvalue weighted by molar-refractivity contribution is 5.87. The minimum atomic E-state index is -0.793. The number of ether oxygens (including phenoxy) is 2. The Bertz CT molecular complexity index is 944. The Morgan fingerprint density at radius 1 is 1.09 bits per heavy atom. The number of halogens is 1. The third-order valence-corrected chi connectivity index (χ3v) is 9.54. The lowest BCUT2D eigenvalue weighted by molar-refractivity contribution is -0.140. The molecule has 2 saturated carbocycles. The molecule has 4 rings (SSSR count). The summed E-state index contributed by atoms with van der Waals surface area (Å²) in [5.74, 6) is 0.536. The molecule has 5 atom stereocenters. The number of unbranched alkanes of at least 4 members (excludes halogenated alkanes) is 1. The first-order chi connectivity index (χ1) is 16.2. The van der Waals surface area contributed by atoms with E-state index in [2.05, 4.69) is 26.8 Å². The van der Waals surface area contributed by atoms with Crippen molar-refractivity contribution in [3.63, 3.8) is 0 Å². The van der Waals surface area contributed by atoms with Crippen LogP contribution in [0.4, 0.5) is 4.39 Å². The first-order valence-electron chi connectivity index (χ1n) is 13.3. The Morgan fingerprint density at radius 3 is 2.50 bits per heavy atom. The predicted octanol–water partition coefficient (Wildman–Crippen LogP) is 7.35. The molecule has 0 unspecified atom stereocenters. The van der Waals surface area contributed by atoms with Crippen LogP contribution in [0.15, 0.2) is 34.4 Å². The Kier molecular flexibility index (Phi) is 7.13. The van der Waals surface area contributed by atoms with Gasteiger partial charge < -0.3 is 9.47 Å². The van der Waals surface area contributed by atoms with Crippen molar-refractivity contribution in [1.29, 1.82) is 0 Å². The summed E-state index contributed by atoms with van der Waals surface area (Å²) in [6, 6.07) is 0. The maximum atomic E-state index is 15.2. The summed E-state index contributed by atoms with van der Waals surface area (Å²) in [6.07, 6.45) is 11.9. The second kappa shape index (κ2) is 9.62. The molecule has 0 aromatic rings. The minimum absolute atomic E-state index is 0.0587. The van der Waals surface area contributed by atoms with Gasteiger partial charge in [-0.05, 0) is 104 Å². The van der Waals surface area contributed by atoms with Gasteiger partial charge in [-0.25, -0.2) is 4.79 Å². The summed E-state index contributed by atoms with van der Waals surface area (Å²) in [7, 11) is 0. The smallest absolute Gasteiger partial charge is 0.367 e. The number of allylic oxidation sites excluding steroid dienone is 5. The van der Waals surface area contributed by atoms with E-state index in [1.807, 2.05) is 0 Å². The van der Waals surface area contributed by atoms with Gasteiger partial charge in [0.25, 0.3) is 0 Å². The monoisotopic (exact) mass is 472 g/mol. The van der Waals surface area contributed by atoms with Gasteiger partial charge in [-0.3, -0.25) is 4.79 Å². The second-order valence-electron chi connectivity index (χ2n) is 11.3. The fourth-order valence-corrected chi connectivity index (χ4v) is 7.95. The van der Waals surface area contributed by atoms with Crippen LogP contribution in [-0.4, -0.2) is 18.5 Å². The molecule has 0 aromatic carbocycles. The van der Waals surface area contributed by atoms with Crippen molar-refractivity contribution in [2.45, 2.75) is 98.8 Å². The highest BCUT2D eigenvalue weighted by Crippen LogP contribution is 2.67. The molecule has 0 N–H and O–H groups in total. The molecule has 0 saturated heterocycles. The molecule has 0 heterocycles. The van der Waals surface area contributed by atoms with Gasteiger partial charge in [0.05, 0.1) is 6.61 Å². The third kappa shape index (κ3) is 4.18. The van der Waals surface area contributed by atoms with Crippen LogP contribution in [0.5, 0.6) is 0 Å². The van der Waals surface area contributed by atoms with E-state index in [-0.39, 0.29) is 23.4 Å². The largest absolute Gasteiger partial charge is 0.461 e. The lowest BCUT2D eigenvalue weighted by atomic mass is 9.47. The van der Waals surface area contributed by atoms with E-state index >= 15 is 4.39 Å². The molecule has 0 spiro atoms. The standard InChI is InChI=1S/C29H41FO4/c1-6-8-9-19-16-21-22-10-11-24(26(30)27(32)33-7-2)28(22,4)15-13-23(21)29(5)14-12-20(17-25(19)29)34-18(3)31/h17,21-23H,6-16H2,1-5H3/t21-,22-,23-,28-,29+/m0/s1. The van der Waals surface area contributed by atoms with E-state index in [9.17, 15) is 9.59 Å². The zero-order valence-electron chi connectivity index (χ0n) is 21.6. The predicted molar refractivity (Wildman–Crippen MR) is 130 cm³/mol. The molecule has 4 aliphatic rings. The second-order valence-corrected chi connectivity index (χ2v) is 11.3. The molecule has 5 heteroatoms. The normalized spacial score (nSPS) is 36.2. The zero-order chi connectivity index (χ0) is 24.7. The average molecular weight is 473 g/mol. The third-order valence-electron chi connectivity index (χ3n) is 9.54. The summed E-state index contributed by atoms with van der Waals surface area (Å²) in [5.41, 5.74) is 3.39. The summed E-state index contributed by atoms with van der Waals surface area (Å²) in [5, 5.41) is 0. The molecule has 2 fully saturated rings. The summed E-state index contributed by atoms with van der Waals surface area (Å²) < 4.78 is 25.8. The van der Waals surface area contributed by atoms with Gasteiger partial charge in [0.15, 0.2) is 0 Å². The quantitative estimate of drug-likeness (QED) is 0.299. The zero-order valence-corrected chi connectivity index (χ0v) is 21.6. The van der Waals surface area contributed by atoms with Crippen molar-refractivity contribution in [3.05, 3.63) is 34.4 Å². The van der Waals surface area contributed by atoms with Crippen molar-refractivity contribution in [2.24, 2.45) is 28.6 Å². The molecule has 4 aliphatic carbocycles. The van der Waals surface area contributed by atoms with Crippen LogP contribution < -0.4 is 0 Å². The number of hydrogen-bond donors (Lipinski definition) is 0. The molecule has 0 bridgehead atoms. The Hall–Kier alpha value is -1.91. The molecule has 34 heavy (non-hydrogen) atoms. The lowest BCUT2D eigenvalue weighted by Gasteiger charge is -2.57. The topological polar surface area (TPSA) is 52.6 Å². The van der Waals surface area contributed by atoms with E-state index in [1.165, 1.54) is 18.1 Å². The molecule has 188 valence electrons. The summed E-state index contributed by atoms with van der Waals surface area (Å²) in [6.45, 7) is 10.2. The van der Waals surface area contributed by atoms with Gasteiger partial charge in [-0.1, -0.05) is 32.8 Å². The molecule has 0 amide bonds. The SMILES string of the molecule is CCCCC1=C2C=C(OC(C)=O)CC[C@]2(C)[C@H]2CC[C@]3(C)C(=C(F)C(=O)OCC)CC[C@H]3[C@@H]2C1. The Labute approximate surface area is 204 Å². The molecular weight excluding hydrogens is 431 g/mol. The molecule has 4 nitrogen and oxygen atoms in total. The molecular formula is C29H41FO4. The highest BCUT2D eigenvalue weighted by Gasteiger charge is 2.58. The van der Waals surface area contributed by atoms with Gasteiger partial charge in [0.2, 0.25) is 5.83 Å². The van der Waals surface area contributed by atoms with E-state index in [0.717, 1.165) is 63.5 Å². The molecule has 0 aliphatic heterocycles. The first-order valence-corrected chi connectivity index (χ1v) is 13.3. The van der Waals surface area contributed by atoms with Crippen LogP contribution in [0.3, 0.4) is 0 Å². The number of hydrogen-bond acceptors (Lipinski definition) is 4. The number of carbonyl (C=O) groups excluding carboxylic acids is 2. The van der Waals surface area contributed by atoms with Gasteiger partial charge in [-0.15, -0.1) is 0 Å². The first kappa shape index (κ1) is 25.2. The van der Waals surface area contributed by atoms with E-state index in [4.69, 9.17) is 9.47 Å². The fraction of sp³-hybridized carbons (Fsp3) is 0.724. The Balaban J connectivity index is 1.72. The number of carbonyl (C=O) groups is 2. The summed E-state index contributed by atoms with van der Waals surface area (Å²) >= 11 is 0.